The molecule has 0 aromatic carbocycles. The summed E-state index contributed by atoms with van der Waals surface area (Å²) >= 11 is 0. The second-order valence-electron chi connectivity index (χ2n) is 4.91. The second kappa shape index (κ2) is 5.35. The third-order valence-electron chi connectivity index (χ3n) is 3.26. The van der Waals surface area contributed by atoms with Crippen LogP contribution in [0.3, 0.4) is 0 Å². The average Bonchev–Trinajstić information content (AvgIpc) is 2.88. The quantitative estimate of drug-likeness (QED) is 0.805. The van der Waals surface area contributed by atoms with Gasteiger partial charge in [0.25, 0.3) is 0 Å². The molecule has 0 unspecified atom stereocenters. The van der Waals surface area contributed by atoms with Gasteiger partial charge >= 0.3 is 0 Å². The van der Waals surface area contributed by atoms with Gasteiger partial charge in [0.15, 0.2) is 0 Å². The van der Waals surface area contributed by atoms with Gasteiger partial charge in [-0.2, -0.15) is 0 Å². The molecule has 0 aliphatic carbocycles. The first-order valence-corrected chi connectivity index (χ1v) is 6.24. The van der Waals surface area contributed by atoms with Crippen molar-refractivity contribution in [2.24, 2.45) is 14.1 Å². The van der Waals surface area contributed by atoms with Gasteiger partial charge in [-0.15, -0.1) is 0 Å². The minimum Gasteiger partial charge on any atom is -0.337 e. The lowest BCUT2D eigenvalue weighted by atomic mass is 10.3. The summed E-state index contributed by atoms with van der Waals surface area (Å²) in [6.07, 6.45) is 7.65. The number of hydrogen-bond donors (Lipinski definition) is 0. The number of hydrogen-bond acceptors (Lipinski definition) is 3. The average molecular weight is 247 g/mol. The van der Waals surface area contributed by atoms with Gasteiger partial charge < -0.3 is 9.13 Å². The molecule has 0 radical (unpaired) electrons. The van der Waals surface area contributed by atoms with E-state index >= 15 is 0 Å². The first-order chi connectivity index (χ1) is 8.58. The zero-order valence-corrected chi connectivity index (χ0v) is 11.5. The summed E-state index contributed by atoms with van der Waals surface area (Å²) in [6, 6.07) is 0.457. The van der Waals surface area contributed by atoms with Gasteiger partial charge in [-0.25, -0.2) is 9.97 Å². The van der Waals surface area contributed by atoms with Gasteiger partial charge in [0.1, 0.15) is 11.6 Å². The van der Waals surface area contributed by atoms with Crippen LogP contribution < -0.4 is 0 Å². The van der Waals surface area contributed by atoms with Gasteiger partial charge in [-0.05, 0) is 13.8 Å². The first-order valence-electron chi connectivity index (χ1n) is 6.24. The number of aromatic nitrogens is 4. The highest BCUT2D eigenvalue weighted by Crippen LogP contribution is 2.10. The van der Waals surface area contributed by atoms with Crippen molar-refractivity contribution in [3.8, 4) is 0 Å². The van der Waals surface area contributed by atoms with E-state index < -0.39 is 0 Å². The minimum absolute atomic E-state index is 0.457. The molecule has 0 bridgehead atoms. The smallest absolute Gasteiger partial charge is 0.122 e. The molecule has 2 aromatic rings. The van der Waals surface area contributed by atoms with E-state index in [9.17, 15) is 0 Å². The molecule has 0 N–H and O–H groups in total. The maximum atomic E-state index is 4.38. The molecule has 98 valence electrons. The summed E-state index contributed by atoms with van der Waals surface area (Å²) in [4.78, 5) is 11.1. The fraction of sp³-hybridized carbons (Fsp3) is 0.538. The Labute approximate surface area is 108 Å². The van der Waals surface area contributed by atoms with E-state index in [0.29, 0.717) is 6.04 Å². The molecule has 5 heteroatoms. The van der Waals surface area contributed by atoms with Crippen LogP contribution in [0.1, 0.15) is 25.5 Å². The van der Waals surface area contributed by atoms with E-state index in [2.05, 4.69) is 37.8 Å². The highest BCUT2D eigenvalue weighted by atomic mass is 15.2. The van der Waals surface area contributed by atoms with Crippen molar-refractivity contribution in [3.63, 3.8) is 0 Å². The molecule has 0 amide bonds. The number of rotatable bonds is 5. The Kier molecular flexibility index (Phi) is 3.81. The Hall–Kier alpha value is -1.62. The van der Waals surface area contributed by atoms with E-state index in [1.807, 2.05) is 38.9 Å². The predicted molar refractivity (Wildman–Crippen MR) is 70.8 cm³/mol. The lowest BCUT2D eigenvalue weighted by Crippen LogP contribution is -2.31. The monoisotopic (exact) mass is 247 g/mol. The van der Waals surface area contributed by atoms with Crippen LogP contribution in [0.4, 0.5) is 0 Å². The maximum absolute atomic E-state index is 4.38. The molecule has 0 saturated heterocycles. The topological polar surface area (TPSA) is 38.9 Å². The maximum Gasteiger partial charge on any atom is 0.122 e. The van der Waals surface area contributed by atoms with Crippen molar-refractivity contribution < 1.29 is 0 Å². The Morgan fingerprint density at radius 3 is 1.72 bits per heavy atom. The summed E-state index contributed by atoms with van der Waals surface area (Å²) in [5.74, 6) is 2.16. The van der Waals surface area contributed by atoms with Crippen molar-refractivity contribution in [3.05, 3.63) is 36.4 Å². The van der Waals surface area contributed by atoms with Crippen molar-refractivity contribution >= 4 is 0 Å². The fourth-order valence-electron chi connectivity index (χ4n) is 1.88. The van der Waals surface area contributed by atoms with E-state index in [1.54, 1.807) is 0 Å². The Morgan fingerprint density at radius 2 is 1.44 bits per heavy atom. The van der Waals surface area contributed by atoms with Crippen LogP contribution in [0.25, 0.3) is 0 Å². The van der Waals surface area contributed by atoms with Gasteiger partial charge in [0, 0.05) is 44.9 Å². The highest BCUT2D eigenvalue weighted by molar-refractivity contribution is 4.95. The van der Waals surface area contributed by atoms with Crippen molar-refractivity contribution in [1.29, 1.82) is 0 Å². The molecular formula is C13H21N5. The van der Waals surface area contributed by atoms with Crippen molar-refractivity contribution in [2.45, 2.75) is 33.0 Å². The molecule has 0 aliphatic rings. The molecule has 2 rings (SSSR count). The standard InChI is InChI=1S/C13H21N5/c1-11(2)18(9-12-14-5-7-16(12)3)10-13-15-6-8-17(13)4/h5-8,11H,9-10H2,1-4H3. The molecule has 0 atom stereocenters. The fourth-order valence-corrected chi connectivity index (χ4v) is 1.88. The van der Waals surface area contributed by atoms with Crippen LogP contribution in [-0.2, 0) is 27.2 Å². The van der Waals surface area contributed by atoms with Gasteiger partial charge in [0.2, 0.25) is 0 Å². The Morgan fingerprint density at radius 1 is 1.00 bits per heavy atom. The molecule has 0 aliphatic heterocycles. The van der Waals surface area contributed by atoms with Crippen LogP contribution in [0, 0.1) is 0 Å². The molecule has 0 fully saturated rings. The van der Waals surface area contributed by atoms with E-state index in [1.165, 1.54) is 0 Å². The van der Waals surface area contributed by atoms with Gasteiger partial charge in [-0.3, -0.25) is 4.90 Å². The van der Waals surface area contributed by atoms with Crippen LogP contribution >= 0.6 is 0 Å². The van der Waals surface area contributed by atoms with Gasteiger partial charge in [-0.1, -0.05) is 0 Å². The summed E-state index contributed by atoms with van der Waals surface area (Å²) in [5, 5.41) is 0. The van der Waals surface area contributed by atoms with Crippen LogP contribution in [0.5, 0.6) is 0 Å². The number of nitrogens with zero attached hydrogens (tertiary/aromatic N) is 5. The molecule has 5 nitrogen and oxygen atoms in total. The molecule has 0 saturated carbocycles. The molecule has 2 heterocycles. The molecular weight excluding hydrogens is 226 g/mol. The predicted octanol–water partition coefficient (Wildman–Crippen LogP) is 1.56. The Bertz CT molecular complexity index is 455. The summed E-state index contributed by atoms with van der Waals surface area (Å²) in [5.41, 5.74) is 0. The normalized spacial score (nSPS) is 11.7. The van der Waals surface area contributed by atoms with E-state index in [-0.39, 0.29) is 0 Å². The number of imidazole rings is 2. The first kappa shape index (κ1) is 12.8. The SMILES string of the molecule is CC(C)N(Cc1nccn1C)Cc1nccn1C. The summed E-state index contributed by atoms with van der Waals surface area (Å²) < 4.78 is 4.13. The van der Waals surface area contributed by atoms with Crippen LogP contribution in [-0.4, -0.2) is 30.0 Å². The highest BCUT2D eigenvalue weighted by Gasteiger charge is 2.15. The van der Waals surface area contributed by atoms with Crippen molar-refractivity contribution in [1.82, 2.24) is 24.0 Å². The van der Waals surface area contributed by atoms with Crippen molar-refractivity contribution in [2.75, 3.05) is 0 Å². The lowest BCUT2D eigenvalue weighted by Gasteiger charge is -2.25. The minimum atomic E-state index is 0.457. The summed E-state index contributed by atoms with van der Waals surface area (Å²) in [6.45, 7) is 6.08. The molecule has 18 heavy (non-hydrogen) atoms. The zero-order valence-electron chi connectivity index (χ0n) is 11.5. The third kappa shape index (κ3) is 2.79. The molecule has 0 spiro atoms. The molecule has 2 aromatic heterocycles. The summed E-state index contributed by atoms with van der Waals surface area (Å²) in [7, 11) is 4.06. The number of aryl methyl sites for hydroxylation is 2. The Balaban J connectivity index is 2.10. The lowest BCUT2D eigenvalue weighted by molar-refractivity contribution is 0.190. The van der Waals surface area contributed by atoms with Crippen LogP contribution in [0.2, 0.25) is 0 Å². The zero-order chi connectivity index (χ0) is 13.1. The van der Waals surface area contributed by atoms with Gasteiger partial charge in [0.05, 0.1) is 13.1 Å². The third-order valence-corrected chi connectivity index (χ3v) is 3.26. The van der Waals surface area contributed by atoms with Crippen LogP contribution in [0.15, 0.2) is 24.8 Å². The van der Waals surface area contributed by atoms with E-state index in [0.717, 1.165) is 24.7 Å². The largest absolute Gasteiger partial charge is 0.337 e. The van der Waals surface area contributed by atoms with E-state index in [4.69, 9.17) is 0 Å². The second-order valence-corrected chi connectivity index (χ2v) is 4.91.